The predicted octanol–water partition coefficient (Wildman–Crippen LogP) is 2.66. The third-order valence-electron chi connectivity index (χ3n) is 5.29. The Balaban J connectivity index is 2.06. The molecule has 112 valence electrons. The number of nitrogens with one attached hydrogen (secondary N) is 1. The van der Waals surface area contributed by atoms with Crippen LogP contribution < -0.4 is 5.32 Å². The summed E-state index contributed by atoms with van der Waals surface area (Å²) in [5, 5.41) is 3.75. The lowest BCUT2D eigenvalue weighted by Crippen LogP contribution is -2.68. The second kappa shape index (κ2) is 6.11. The van der Waals surface area contributed by atoms with E-state index in [4.69, 9.17) is 4.74 Å². The van der Waals surface area contributed by atoms with Crippen LogP contribution in [0.4, 0.5) is 0 Å². The largest absolute Gasteiger partial charge is 0.381 e. The van der Waals surface area contributed by atoms with E-state index >= 15 is 0 Å². The summed E-state index contributed by atoms with van der Waals surface area (Å²) >= 11 is 0. The maximum Gasteiger partial charge on any atom is 0.0469 e. The van der Waals surface area contributed by atoms with Crippen LogP contribution in [-0.2, 0) is 4.74 Å². The van der Waals surface area contributed by atoms with Gasteiger partial charge in [-0.3, -0.25) is 4.90 Å². The van der Waals surface area contributed by atoms with Crippen LogP contribution in [-0.4, -0.2) is 48.8 Å². The molecule has 2 saturated heterocycles. The van der Waals surface area contributed by atoms with Gasteiger partial charge in [0, 0.05) is 43.9 Å². The van der Waals surface area contributed by atoms with Crippen LogP contribution in [0.15, 0.2) is 0 Å². The van der Waals surface area contributed by atoms with E-state index in [2.05, 4.69) is 37.9 Å². The highest BCUT2D eigenvalue weighted by atomic mass is 16.5. The summed E-state index contributed by atoms with van der Waals surface area (Å²) in [5.74, 6) is 0.833. The molecule has 3 heteroatoms. The van der Waals surface area contributed by atoms with Crippen molar-refractivity contribution in [2.75, 3.05) is 32.8 Å². The number of nitrogens with zero attached hydrogens (tertiary/aromatic N) is 1. The van der Waals surface area contributed by atoms with E-state index in [0.29, 0.717) is 5.54 Å². The summed E-state index contributed by atoms with van der Waals surface area (Å²) in [5.41, 5.74) is 0.618. The molecular formula is C16H32N2O. The Labute approximate surface area is 119 Å². The molecule has 2 aliphatic heterocycles. The molecule has 0 aromatic rings. The molecule has 3 nitrogen and oxygen atoms in total. The van der Waals surface area contributed by atoms with Crippen molar-refractivity contribution in [3.8, 4) is 0 Å². The fourth-order valence-electron chi connectivity index (χ4n) is 3.66. The lowest BCUT2D eigenvalue weighted by molar-refractivity contribution is -0.0208. The monoisotopic (exact) mass is 268 g/mol. The first kappa shape index (κ1) is 15.3. The maximum atomic E-state index is 5.50. The zero-order valence-corrected chi connectivity index (χ0v) is 13.3. The maximum absolute atomic E-state index is 5.50. The van der Waals surface area contributed by atoms with Gasteiger partial charge in [-0.15, -0.1) is 0 Å². The van der Waals surface area contributed by atoms with Crippen molar-refractivity contribution in [1.29, 1.82) is 0 Å². The minimum absolute atomic E-state index is 0.249. The zero-order valence-electron chi connectivity index (χ0n) is 13.3. The van der Waals surface area contributed by atoms with Crippen molar-refractivity contribution in [3.05, 3.63) is 0 Å². The minimum Gasteiger partial charge on any atom is -0.381 e. The van der Waals surface area contributed by atoms with Crippen LogP contribution in [0.1, 0.15) is 53.4 Å². The van der Waals surface area contributed by atoms with Crippen LogP contribution in [0.25, 0.3) is 0 Å². The van der Waals surface area contributed by atoms with Crippen molar-refractivity contribution in [2.24, 2.45) is 5.92 Å². The molecule has 0 aliphatic carbocycles. The Hall–Kier alpha value is -0.120. The number of rotatable bonds is 4. The number of piperazine rings is 1. The molecule has 2 aliphatic rings. The van der Waals surface area contributed by atoms with Crippen molar-refractivity contribution >= 4 is 0 Å². The van der Waals surface area contributed by atoms with E-state index in [1.807, 2.05) is 0 Å². The van der Waals surface area contributed by atoms with E-state index < -0.39 is 0 Å². The number of ether oxygens (including phenoxy) is 1. The molecule has 2 rings (SSSR count). The van der Waals surface area contributed by atoms with Gasteiger partial charge >= 0.3 is 0 Å². The third-order valence-corrected chi connectivity index (χ3v) is 5.29. The van der Waals surface area contributed by atoms with Crippen LogP contribution in [0.5, 0.6) is 0 Å². The van der Waals surface area contributed by atoms with Crippen molar-refractivity contribution in [1.82, 2.24) is 10.2 Å². The van der Waals surface area contributed by atoms with Gasteiger partial charge in [-0.05, 0) is 45.4 Å². The van der Waals surface area contributed by atoms with Gasteiger partial charge in [-0.1, -0.05) is 13.8 Å². The SMILES string of the molecule is CCC1(CC)CNC(C)(C)CN1CC1CCOCC1. The second-order valence-electron chi connectivity index (χ2n) is 7.11. The normalized spacial score (nSPS) is 28.4. The first-order valence-corrected chi connectivity index (χ1v) is 8.09. The smallest absolute Gasteiger partial charge is 0.0469 e. The predicted molar refractivity (Wildman–Crippen MR) is 80.5 cm³/mol. The second-order valence-corrected chi connectivity index (χ2v) is 7.11. The van der Waals surface area contributed by atoms with Crippen molar-refractivity contribution in [3.63, 3.8) is 0 Å². The first-order chi connectivity index (χ1) is 9.01. The molecule has 0 aromatic carbocycles. The Bertz CT molecular complexity index is 280. The van der Waals surface area contributed by atoms with Crippen LogP contribution in [0.2, 0.25) is 0 Å². The van der Waals surface area contributed by atoms with Gasteiger partial charge in [0.2, 0.25) is 0 Å². The first-order valence-electron chi connectivity index (χ1n) is 8.09. The fraction of sp³-hybridized carbons (Fsp3) is 1.00. The Kier molecular flexibility index (Phi) is 4.91. The number of hydrogen-bond acceptors (Lipinski definition) is 3. The van der Waals surface area contributed by atoms with Gasteiger partial charge in [0.1, 0.15) is 0 Å². The van der Waals surface area contributed by atoms with E-state index in [1.54, 1.807) is 0 Å². The molecule has 0 amide bonds. The van der Waals surface area contributed by atoms with Gasteiger partial charge < -0.3 is 10.1 Å². The molecule has 2 fully saturated rings. The van der Waals surface area contributed by atoms with Crippen LogP contribution >= 0.6 is 0 Å². The molecule has 0 unspecified atom stereocenters. The lowest BCUT2D eigenvalue weighted by atomic mass is 9.83. The molecule has 1 N–H and O–H groups in total. The zero-order chi connectivity index (χ0) is 13.9. The highest BCUT2D eigenvalue weighted by molar-refractivity contribution is 5.01. The summed E-state index contributed by atoms with van der Waals surface area (Å²) in [6, 6.07) is 0. The minimum atomic E-state index is 0.249. The Morgan fingerprint density at radius 2 is 1.79 bits per heavy atom. The van der Waals surface area contributed by atoms with Crippen molar-refractivity contribution in [2.45, 2.75) is 64.5 Å². The Morgan fingerprint density at radius 3 is 2.37 bits per heavy atom. The van der Waals surface area contributed by atoms with E-state index in [-0.39, 0.29) is 5.54 Å². The Morgan fingerprint density at radius 1 is 1.16 bits per heavy atom. The molecule has 19 heavy (non-hydrogen) atoms. The molecule has 0 atom stereocenters. The standard InChI is InChI=1S/C16H32N2O/c1-5-16(6-2)12-17-15(3,4)13-18(16)11-14-7-9-19-10-8-14/h14,17H,5-13H2,1-4H3. The van der Waals surface area contributed by atoms with E-state index in [0.717, 1.165) is 25.7 Å². The van der Waals surface area contributed by atoms with Gasteiger partial charge in [0.15, 0.2) is 0 Å². The van der Waals surface area contributed by atoms with E-state index in [1.165, 1.54) is 38.8 Å². The average molecular weight is 268 g/mol. The summed E-state index contributed by atoms with van der Waals surface area (Å²) < 4.78 is 5.50. The van der Waals surface area contributed by atoms with Crippen LogP contribution in [0.3, 0.4) is 0 Å². The quantitative estimate of drug-likeness (QED) is 0.848. The summed E-state index contributed by atoms with van der Waals surface area (Å²) in [4.78, 5) is 2.79. The fourth-order valence-corrected chi connectivity index (χ4v) is 3.66. The van der Waals surface area contributed by atoms with Gasteiger partial charge in [0.25, 0.3) is 0 Å². The molecule has 0 spiro atoms. The molecule has 0 radical (unpaired) electrons. The molecular weight excluding hydrogens is 236 g/mol. The molecule has 0 saturated carbocycles. The molecule has 0 bridgehead atoms. The lowest BCUT2D eigenvalue weighted by Gasteiger charge is -2.53. The van der Waals surface area contributed by atoms with Gasteiger partial charge in [0.05, 0.1) is 0 Å². The van der Waals surface area contributed by atoms with E-state index in [9.17, 15) is 0 Å². The van der Waals surface area contributed by atoms with Crippen LogP contribution in [0, 0.1) is 5.92 Å². The summed E-state index contributed by atoms with van der Waals surface area (Å²) in [6.07, 6.45) is 4.98. The average Bonchev–Trinajstić information content (AvgIpc) is 2.40. The molecule has 2 heterocycles. The van der Waals surface area contributed by atoms with Gasteiger partial charge in [-0.25, -0.2) is 0 Å². The highest BCUT2D eigenvalue weighted by Crippen LogP contribution is 2.32. The topological polar surface area (TPSA) is 24.5 Å². The number of hydrogen-bond donors (Lipinski definition) is 1. The van der Waals surface area contributed by atoms with Gasteiger partial charge in [-0.2, -0.15) is 0 Å². The highest BCUT2D eigenvalue weighted by Gasteiger charge is 2.42. The summed E-state index contributed by atoms with van der Waals surface area (Å²) in [7, 11) is 0. The van der Waals surface area contributed by atoms with Crippen molar-refractivity contribution < 1.29 is 4.74 Å². The molecule has 0 aromatic heterocycles. The summed E-state index contributed by atoms with van der Waals surface area (Å²) in [6.45, 7) is 14.9. The third kappa shape index (κ3) is 3.50.